The molecular formula is C13H27NO6P+. The SMILES string of the molecule is C=C(C)C(=O)OC(CC)COP(=O)(O)OCC[N+](C)(C)C. The molecular weight excluding hydrogens is 297 g/mol. The van der Waals surface area contributed by atoms with Gasteiger partial charge in [-0.2, -0.15) is 0 Å². The fraction of sp³-hybridized carbons (Fsp3) is 0.769. The van der Waals surface area contributed by atoms with Gasteiger partial charge in [0.15, 0.2) is 0 Å². The molecule has 0 aliphatic rings. The lowest BCUT2D eigenvalue weighted by Crippen LogP contribution is -2.37. The quantitative estimate of drug-likeness (QED) is 0.285. The van der Waals surface area contributed by atoms with Gasteiger partial charge in [0.25, 0.3) is 0 Å². The summed E-state index contributed by atoms with van der Waals surface area (Å²) in [7, 11) is 1.69. The van der Waals surface area contributed by atoms with Gasteiger partial charge in [-0.15, -0.1) is 0 Å². The van der Waals surface area contributed by atoms with Crippen LogP contribution in [0.15, 0.2) is 12.2 Å². The number of carbonyl (C=O) groups excluding carboxylic acids is 1. The Balaban J connectivity index is 4.23. The molecule has 0 amide bonds. The molecule has 0 saturated carbocycles. The van der Waals surface area contributed by atoms with Crippen LogP contribution in [0.25, 0.3) is 0 Å². The van der Waals surface area contributed by atoms with Crippen LogP contribution in [0, 0.1) is 0 Å². The molecule has 1 N–H and O–H groups in total. The topological polar surface area (TPSA) is 82.1 Å². The van der Waals surface area contributed by atoms with E-state index in [-0.39, 0.29) is 18.8 Å². The summed E-state index contributed by atoms with van der Waals surface area (Å²) in [5.74, 6) is -0.552. The van der Waals surface area contributed by atoms with Gasteiger partial charge in [0.1, 0.15) is 19.3 Å². The zero-order chi connectivity index (χ0) is 16.7. The van der Waals surface area contributed by atoms with Gasteiger partial charge in [0.05, 0.1) is 27.7 Å². The number of phosphoric ester groups is 1. The second-order valence-corrected chi connectivity index (χ2v) is 7.28. The average molecular weight is 324 g/mol. The molecule has 0 aromatic carbocycles. The van der Waals surface area contributed by atoms with Crippen LogP contribution in [-0.2, 0) is 23.1 Å². The normalized spacial score (nSPS) is 16.1. The Labute approximate surface area is 126 Å². The third kappa shape index (κ3) is 10.6. The van der Waals surface area contributed by atoms with Gasteiger partial charge in [-0.3, -0.25) is 9.05 Å². The van der Waals surface area contributed by atoms with Gasteiger partial charge in [-0.05, 0) is 13.3 Å². The van der Waals surface area contributed by atoms with Crippen molar-refractivity contribution in [2.45, 2.75) is 26.4 Å². The molecule has 0 aliphatic heterocycles. The van der Waals surface area contributed by atoms with Crippen molar-refractivity contribution in [3.05, 3.63) is 12.2 Å². The van der Waals surface area contributed by atoms with E-state index in [1.165, 1.54) is 6.92 Å². The fourth-order valence-electron chi connectivity index (χ4n) is 1.13. The summed E-state index contributed by atoms with van der Waals surface area (Å²) in [5.41, 5.74) is 0.264. The Morgan fingerprint density at radius 3 is 2.33 bits per heavy atom. The molecule has 0 heterocycles. The molecule has 0 rings (SSSR count). The number of esters is 1. The lowest BCUT2D eigenvalue weighted by atomic mass is 10.3. The third-order valence-corrected chi connectivity index (χ3v) is 3.50. The highest BCUT2D eigenvalue weighted by Crippen LogP contribution is 2.43. The van der Waals surface area contributed by atoms with Gasteiger partial charge < -0.3 is 14.1 Å². The average Bonchev–Trinajstić information content (AvgIpc) is 2.31. The molecule has 0 aromatic rings. The molecule has 0 saturated heterocycles. The van der Waals surface area contributed by atoms with Gasteiger partial charge in [0, 0.05) is 5.57 Å². The predicted molar refractivity (Wildman–Crippen MR) is 79.6 cm³/mol. The van der Waals surface area contributed by atoms with Crippen LogP contribution in [0.4, 0.5) is 0 Å². The van der Waals surface area contributed by atoms with Crippen molar-refractivity contribution in [1.29, 1.82) is 0 Å². The van der Waals surface area contributed by atoms with Crippen LogP contribution in [0.1, 0.15) is 20.3 Å². The Bertz CT molecular complexity index is 404. The summed E-state index contributed by atoms with van der Waals surface area (Å²) in [6.07, 6.45) is -0.158. The standard InChI is InChI=1S/C13H26NO6P/c1-7-12(20-13(15)11(2)3)10-19-21(16,17)18-9-8-14(4,5)6/h12H,2,7-10H2,1,3-6H3/p+1. The van der Waals surface area contributed by atoms with Crippen LogP contribution in [0.2, 0.25) is 0 Å². The highest BCUT2D eigenvalue weighted by molar-refractivity contribution is 7.47. The molecule has 124 valence electrons. The molecule has 21 heavy (non-hydrogen) atoms. The van der Waals surface area contributed by atoms with E-state index in [0.717, 1.165) is 0 Å². The van der Waals surface area contributed by atoms with E-state index in [9.17, 15) is 14.3 Å². The van der Waals surface area contributed by atoms with E-state index in [2.05, 4.69) is 6.58 Å². The zero-order valence-corrected chi connectivity index (χ0v) is 14.4. The minimum Gasteiger partial charge on any atom is -0.457 e. The van der Waals surface area contributed by atoms with Crippen LogP contribution in [-0.4, -0.2) is 62.4 Å². The predicted octanol–water partition coefficient (Wildman–Crippen LogP) is 1.72. The van der Waals surface area contributed by atoms with E-state index in [1.807, 2.05) is 21.1 Å². The van der Waals surface area contributed by atoms with Crippen molar-refractivity contribution >= 4 is 13.8 Å². The van der Waals surface area contributed by atoms with Crippen LogP contribution in [0.3, 0.4) is 0 Å². The minimum absolute atomic E-state index is 0.0968. The number of nitrogens with zero attached hydrogens (tertiary/aromatic N) is 1. The van der Waals surface area contributed by atoms with E-state index in [1.54, 1.807) is 6.92 Å². The maximum Gasteiger partial charge on any atom is 0.472 e. The molecule has 8 heteroatoms. The first-order chi connectivity index (χ1) is 9.47. The Kier molecular flexibility index (Phi) is 8.36. The maximum atomic E-state index is 11.7. The lowest BCUT2D eigenvalue weighted by molar-refractivity contribution is -0.870. The van der Waals surface area contributed by atoms with E-state index in [4.69, 9.17) is 13.8 Å². The van der Waals surface area contributed by atoms with E-state index >= 15 is 0 Å². The smallest absolute Gasteiger partial charge is 0.457 e. The highest BCUT2D eigenvalue weighted by Gasteiger charge is 2.25. The number of hydrogen-bond donors (Lipinski definition) is 1. The number of ether oxygens (including phenoxy) is 1. The van der Waals surface area contributed by atoms with E-state index in [0.29, 0.717) is 17.4 Å². The number of hydrogen-bond acceptors (Lipinski definition) is 5. The van der Waals surface area contributed by atoms with Crippen LogP contribution >= 0.6 is 7.82 Å². The summed E-state index contributed by atoms with van der Waals surface area (Å²) in [4.78, 5) is 20.9. The van der Waals surface area contributed by atoms with Crippen molar-refractivity contribution in [3.8, 4) is 0 Å². The fourth-order valence-corrected chi connectivity index (χ4v) is 1.87. The highest BCUT2D eigenvalue weighted by atomic mass is 31.2. The van der Waals surface area contributed by atoms with Gasteiger partial charge in [-0.25, -0.2) is 9.36 Å². The molecule has 0 spiro atoms. The molecule has 2 atom stereocenters. The largest absolute Gasteiger partial charge is 0.472 e. The lowest BCUT2D eigenvalue weighted by Gasteiger charge is -2.24. The van der Waals surface area contributed by atoms with Crippen molar-refractivity contribution in [3.63, 3.8) is 0 Å². The zero-order valence-electron chi connectivity index (χ0n) is 13.5. The summed E-state index contributed by atoms with van der Waals surface area (Å²) in [6.45, 7) is 7.24. The summed E-state index contributed by atoms with van der Waals surface area (Å²) in [5, 5.41) is 0. The Hall–Kier alpha value is -0.720. The number of likely N-dealkylation sites (N-methyl/N-ethyl adjacent to an activating group) is 1. The van der Waals surface area contributed by atoms with Crippen molar-refractivity contribution in [1.82, 2.24) is 0 Å². The summed E-state index contributed by atoms with van der Waals surface area (Å²) >= 11 is 0. The minimum atomic E-state index is -4.14. The molecule has 0 radical (unpaired) electrons. The first kappa shape index (κ1) is 20.3. The van der Waals surface area contributed by atoms with Crippen molar-refractivity contribution in [2.75, 3.05) is 40.9 Å². The Morgan fingerprint density at radius 2 is 1.90 bits per heavy atom. The Morgan fingerprint density at radius 1 is 1.33 bits per heavy atom. The first-order valence-corrected chi connectivity index (χ1v) is 8.25. The first-order valence-electron chi connectivity index (χ1n) is 6.75. The monoisotopic (exact) mass is 324 g/mol. The second-order valence-electron chi connectivity index (χ2n) is 5.83. The molecule has 0 aromatic heterocycles. The van der Waals surface area contributed by atoms with Crippen molar-refractivity contribution in [2.24, 2.45) is 0 Å². The number of rotatable bonds is 10. The van der Waals surface area contributed by atoms with Gasteiger partial charge in [-0.1, -0.05) is 13.5 Å². The second kappa shape index (κ2) is 8.66. The number of carbonyl (C=O) groups is 1. The van der Waals surface area contributed by atoms with Gasteiger partial charge >= 0.3 is 13.8 Å². The number of quaternary nitrogens is 1. The summed E-state index contributed by atoms with van der Waals surface area (Å²) in [6, 6.07) is 0. The molecule has 7 nitrogen and oxygen atoms in total. The third-order valence-electron chi connectivity index (χ3n) is 2.52. The van der Waals surface area contributed by atoms with Crippen LogP contribution < -0.4 is 0 Å². The molecule has 0 bridgehead atoms. The summed E-state index contributed by atoms with van der Waals surface area (Å²) < 4.78 is 27.1. The van der Waals surface area contributed by atoms with E-state index < -0.39 is 19.9 Å². The van der Waals surface area contributed by atoms with Crippen LogP contribution in [0.5, 0.6) is 0 Å². The molecule has 2 unspecified atom stereocenters. The molecule has 0 aliphatic carbocycles. The van der Waals surface area contributed by atoms with Gasteiger partial charge in [0.2, 0.25) is 0 Å². The molecule has 0 fully saturated rings. The maximum absolute atomic E-state index is 11.7. The number of phosphoric acid groups is 1. The van der Waals surface area contributed by atoms with Crippen molar-refractivity contribution < 1.29 is 32.5 Å².